The molecule has 5 rings (SSSR count). The fourth-order valence-corrected chi connectivity index (χ4v) is 4.77. The molecule has 1 aliphatic carbocycles. The van der Waals surface area contributed by atoms with Crippen molar-refractivity contribution >= 4 is 33.9 Å². The van der Waals surface area contributed by atoms with Crippen molar-refractivity contribution < 1.29 is 4.79 Å². The summed E-state index contributed by atoms with van der Waals surface area (Å²) in [5.41, 5.74) is 1.12. The summed E-state index contributed by atoms with van der Waals surface area (Å²) < 4.78 is 2.90. The summed E-state index contributed by atoms with van der Waals surface area (Å²) in [7, 11) is 0. The Morgan fingerprint density at radius 3 is 2.17 bits per heavy atom. The van der Waals surface area contributed by atoms with E-state index in [9.17, 15) is 14.4 Å². The third-order valence-corrected chi connectivity index (χ3v) is 6.11. The van der Waals surface area contributed by atoms with Gasteiger partial charge in [0.25, 0.3) is 11.1 Å². The zero-order chi connectivity index (χ0) is 20.5. The van der Waals surface area contributed by atoms with Gasteiger partial charge in [-0.25, -0.2) is 9.36 Å². The number of halogens is 1. The molecule has 6 heteroatoms. The fourth-order valence-electron chi connectivity index (χ4n) is 4.64. The molecule has 146 valence electrons. The minimum absolute atomic E-state index is 0.0183. The van der Waals surface area contributed by atoms with E-state index in [1.54, 1.807) is 36.4 Å². The van der Waals surface area contributed by atoms with Crippen LogP contribution in [0.4, 0.5) is 0 Å². The number of Topliss-reactive ketones (excluding diaryl/α,β-unsaturated/α-hetero) is 1. The van der Waals surface area contributed by atoms with Crippen molar-refractivity contribution in [3.8, 4) is 0 Å². The van der Waals surface area contributed by atoms with Gasteiger partial charge in [0.1, 0.15) is 6.04 Å². The minimum Gasteiger partial charge on any atom is -0.294 e. The van der Waals surface area contributed by atoms with Crippen molar-refractivity contribution in [1.82, 2.24) is 9.36 Å². The lowest BCUT2D eigenvalue weighted by Gasteiger charge is -2.30. The van der Waals surface area contributed by atoms with Crippen LogP contribution < -0.4 is 11.1 Å². The summed E-state index contributed by atoms with van der Waals surface area (Å²) in [6.07, 6.45) is 0.933. The van der Waals surface area contributed by atoms with E-state index >= 15 is 0 Å². The SMILES string of the molecule is CC1(C)CC(=O)C2=C(C1)n1c(=O)c3ccccc3c(=O)n1[C@@H]2c1ccc(Cl)cc1. The van der Waals surface area contributed by atoms with E-state index in [4.69, 9.17) is 11.6 Å². The van der Waals surface area contributed by atoms with Crippen LogP contribution in [-0.2, 0) is 4.79 Å². The number of fused-ring (bicyclic) bond motifs is 3. The minimum atomic E-state index is -0.629. The molecule has 0 radical (unpaired) electrons. The van der Waals surface area contributed by atoms with Crippen LogP contribution in [0.2, 0.25) is 5.02 Å². The van der Waals surface area contributed by atoms with E-state index in [1.807, 2.05) is 26.0 Å². The van der Waals surface area contributed by atoms with E-state index in [2.05, 4.69) is 0 Å². The Labute approximate surface area is 171 Å². The summed E-state index contributed by atoms with van der Waals surface area (Å²) in [6, 6.07) is 13.3. The monoisotopic (exact) mass is 406 g/mol. The van der Waals surface area contributed by atoms with Crippen molar-refractivity contribution in [2.45, 2.75) is 32.7 Å². The second-order valence-corrected chi connectivity index (χ2v) is 9.00. The van der Waals surface area contributed by atoms with E-state index in [0.29, 0.717) is 39.9 Å². The summed E-state index contributed by atoms with van der Waals surface area (Å²) in [5, 5.41) is 1.30. The van der Waals surface area contributed by atoms with Crippen LogP contribution in [0.3, 0.4) is 0 Å². The Morgan fingerprint density at radius 1 is 0.897 bits per heavy atom. The lowest BCUT2D eigenvalue weighted by Crippen LogP contribution is -2.37. The zero-order valence-corrected chi connectivity index (χ0v) is 16.9. The molecule has 0 spiro atoms. The van der Waals surface area contributed by atoms with Crippen molar-refractivity contribution in [1.29, 1.82) is 0 Å². The molecule has 0 fully saturated rings. The standard InChI is InChI=1S/C23H19ClN2O3/c1-23(2)11-17-19(18(27)12-23)20(13-7-9-14(24)10-8-13)26-22(29)16-6-4-3-5-15(16)21(28)25(17)26/h3-10,20H,11-12H2,1-2H3/t20-/m1/s1. The Morgan fingerprint density at radius 2 is 1.52 bits per heavy atom. The first-order valence-electron chi connectivity index (χ1n) is 9.57. The molecule has 1 aliphatic heterocycles. The van der Waals surface area contributed by atoms with Gasteiger partial charge < -0.3 is 0 Å². The number of ketones is 1. The van der Waals surface area contributed by atoms with E-state index in [1.165, 1.54) is 9.36 Å². The summed E-state index contributed by atoms with van der Waals surface area (Å²) in [5.74, 6) is -0.0183. The van der Waals surface area contributed by atoms with Gasteiger partial charge in [0.05, 0.1) is 16.5 Å². The second kappa shape index (κ2) is 6.04. The van der Waals surface area contributed by atoms with Crippen molar-refractivity contribution in [2.24, 2.45) is 5.41 Å². The number of benzene rings is 2. The zero-order valence-electron chi connectivity index (χ0n) is 16.1. The van der Waals surface area contributed by atoms with Crippen LogP contribution in [-0.4, -0.2) is 15.1 Å². The predicted octanol–water partition coefficient (Wildman–Crippen LogP) is 4.02. The summed E-state index contributed by atoms with van der Waals surface area (Å²) >= 11 is 6.05. The normalized spacial score (nSPS) is 20.1. The van der Waals surface area contributed by atoms with Crippen LogP contribution in [0, 0.1) is 5.41 Å². The van der Waals surface area contributed by atoms with Crippen molar-refractivity contribution in [3.63, 3.8) is 0 Å². The van der Waals surface area contributed by atoms with E-state index in [-0.39, 0.29) is 22.3 Å². The molecule has 1 aromatic heterocycles. The highest BCUT2D eigenvalue weighted by atomic mass is 35.5. The molecule has 0 unspecified atom stereocenters. The van der Waals surface area contributed by atoms with Crippen LogP contribution in [0.5, 0.6) is 0 Å². The van der Waals surface area contributed by atoms with Gasteiger partial charge in [-0.3, -0.25) is 14.4 Å². The molecule has 29 heavy (non-hydrogen) atoms. The smallest absolute Gasteiger partial charge is 0.277 e. The molecule has 0 bridgehead atoms. The van der Waals surface area contributed by atoms with Crippen molar-refractivity contribution in [3.05, 3.63) is 85.4 Å². The highest BCUT2D eigenvalue weighted by Gasteiger charge is 2.44. The van der Waals surface area contributed by atoms with Crippen molar-refractivity contribution in [2.75, 3.05) is 0 Å². The third kappa shape index (κ3) is 2.57. The molecule has 2 aliphatic rings. The van der Waals surface area contributed by atoms with Gasteiger partial charge in [0.2, 0.25) is 0 Å². The largest absolute Gasteiger partial charge is 0.294 e. The molecule has 5 nitrogen and oxygen atoms in total. The molecule has 3 aromatic rings. The fraction of sp³-hybridized carbons (Fsp3) is 0.261. The first-order chi connectivity index (χ1) is 13.8. The van der Waals surface area contributed by atoms with Gasteiger partial charge in [-0.05, 0) is 41.7 Å². The molecule has 0 amide bonds. The topological polar surface area (TPSA) is 61.1 Å². The Hall–Kier alpha value is -2.92. The Bertz CT molecular complexity index is 1340. The maximum Gasteiger partial charge on any atom is 0.277 e. The van der Waals surface area contributed by atoms with Gasteiger partial charge in [-0.1, -0.05) is 49.7 Å². The molecule has 0 N–H and O–H groups in total. The third-order valence-electron chi connectivity index (χ3n) is 5.86. The highest BCUT2D eigenvalue weighted by molar-refractivity contribution is 6.30. The average molecular weight is 407 g/mol. The molecule has 0 saturated carbocycles. The first-order valence-corrected chi connectivity index (χ1v) is 9.95. The van der Waals surface area contributed by atoms with Crippen LogP contribution in [0.1, 0.15) is 38.3 Å². The maximum absolute atomic E-state index is 13.5. The number of hydrogen-bond acceptors (Lipinski definition) is 3. The predicted molar refractivity (Wildman–Crippen MR) is 113 cm³/mol. The van der Waals surface area contributed by atoms with Gasteiger partial charge in [0, 0.05) is 17.0 Å². The number of nitrogens with zero attached hydrogens (tertiary/aromatic N) is 2. The maximum atomic E-state index is 13.5. The van der Waals surface area contributed by atoms with Crippen LogP contribution in [0.25, 0.3) is 16.5 Å². The summed E-state index contributed by atoms with van der Waals surface area (Å²) in [6.45, 7) is 4.03. The second-order valence-electron chi connectivity index (χ2n) is 8.57. The van der Waals surface area contributed by atoms with Crippen LogP contribution >= 0.6 is 11.6 Å². The Kier molecular flexibility index (Phi) is 3.77. The number of carbonyl (C=O) groups is 1. The average Bonchev–Trinajstić information content (AvgIpc) is 3.01. The van der Waals surface area contributed by atoms with Gasteiger partial charge in [-0.15, -0.1) is 0 Å². The molecular weight excluding hydrogens is 388 g/mol. The van der Waals surface area contributed by atoms with E-state index < -0.39 is 6.04 Å². The quantitative estimate of drug-likeness (QED) is 0.613. The van der Waals surface area contributed by atoms with Gasteiger partial charge in [0.15, 0.2) is 5.78 Å². The summed E-state index contributed by atoms with van der Waals surface area (Å²) in [4.78, 5) is 40.1. The number of allylic oxidation sites excluding steroid dienone is 2. The highest BCUT2D eigenvalue weighted by Crippen LogP contribution is 2.46. The molecule has 0 saturated heterocycles. The first kappa shape index (κ1) is 18.1. The Balaban J connectivity index is 1.92. The molecule has 2 aromatic carbocycles. The number of rotatable bonds is 1. The number of carbonyl (C=O) groups excluding carboxylic acids is 1. The lowest BCUT2D eigenvalue weighted by atomic mass is 9.74. The van der Waals surface area contributed by atoms with E-state index in [0.717, 1.165) is 5.56 Å². The number of hydrogen-bond donors (Lipinski definition) is 0. The molecular formula is C23H19ClN2O3. The molecule has 1 atom stereocenters. The van der Waals surface area contributed by atoms with Gasteiger partial charge in [-0.2, -0.15) is 0 Å². The van der Waals surface area contributed by atoms with Crippen LogP contribution in [0.15, 0.2) is 63.7 Å². The van der Waals surface area contributed by atoms with Gasteiger partial charge >= 0.3 is 0 Å². The lowest BCUT2D eigenvalue weighted by molar-refractivity contribution is -0.118. The number of aromatic nitrogens is 2. The molecule has 2 heterocycles.